The maximum atomic E-state index is 12.6. The second kappa shape index (κ2) is 11.0. The van der Waals surface area contributed by atoms with Crippen molar-refractivity contribution in [2.75, 3.05) is 7.11 Å². The highest BCUT2D eigenvalue weighted by molar-refractivity contribution is 8.00. The average Bonchev–Trinajstić information content (AvgIpc) is 2.87. The van der Waals surface area contributed by atoms with E-state index >= 15 is 0 Å². The molecule has 2 aliphatic rings. The van der Waals surface area contributed by atoms with Gasteiger partial charge >= 0.3 is 11.9 Å². The molecule has 0 unspecified atom stereocenters. The first-order valence-corrected chi connectivity index (χ1v) is 12.2. The van der Waals surface area contributed by atoms with Crippen LogP contribution in [0.15, 0.2) is 65.9 Å². The van der Waals surface area contributed by atoms with Crippen molar-refractivity contribution in [2.45, 2.75) is 43.2 Å². The molecule has 0 radical (unpaired) electrons. The molecule has 0 spiro atoms. The van der Waals surface area contributed by atoms with Crippen LogP contribution in [0.4, 0.5) is 0 Å². The number of aliphatic carboxylic acids is 1. The molecule has 1 saturated heterocycles. The summed E-state index contributed by atoms with van der Waals surface area (Å²) in [5.74, 6) is -2.37. The average molecular weight is 511 g/mol. The Morgan fingerprint density at radius 2 is 1.64 bits per heavy atom. The first-order chi connectivity index (χ1) is 17.3. The van der Waals surface area contributed by atoms with Gasteiger partial charge in [0.2, 0.25) is 5.91 Å². The minimum absolute atomic E-state index is 0.0360. The summed E-state index contributed by atoms with van der Waals surface area (Å²) in [5, 5.41) is 11.7. The predicted octanol–water partition coefficient (Wildman–Crippen LogP) is 2.25. The molecule has 1 fully saturated rings. The van der Waals surface area contributed by atoms with Crippen LogP contribution in [-0.2, 0) is 48.1 Å². The van der Waals surface area contributed by atoms with E-state index in [9.17, 15) is 24.3 Å². The van der Waals surface area contributed by atoms with E-state index in [1.54, 1.807) is 31.2 Å². The van der Waals surface area contributed by atoms with E-state index in [1.807, 2.05) is 30.3 Å². The van der Waals surface area contributed by atoms with Crippen molar-refractivity contribution in [2.24, 2.45) is 0 Å². The van der Waals surface area contributed by atoms with Gasteiger partial charge in [-0.05, 0) is 29.2 Å². The van der Waals surface area contributed by atoms with E-state index in [0.29, 0.717) is 11.1 Å². The summed E-state index contributed by atoms with van der Waals surface area (Å²) in [5.41, 5.74) is 2.22. The largest absolute Gasteiger partial charge is 0.477 e. The number of β-lactam (4-membered cyclic amide) rings is 1. The Bertz CT molecular complexity index is 1200. The number of rotatable bonds is 9. The number of carbonyl (C=O) groups is 4. The fraction of sp³-hybridized carbons (Fsp3) is 0.308. The molecule has 2 aromatic carbocycles. The monoisotopic (exact) mass is 510 g/mol. The molecular formula is C26H26N2O7S. The molecule has 9 nitrogen and oxygen atoms in total. The summed E-state index contributed by atoms with van der Waals surface area (Å²) in [4.78, 5) is 50.3. The lowest BCUT2D eigenvalue weighted by atomic mass is 10.0. The SMILES string of the molecule is CO[C@H]1S[C@H]2[C@@H](NC(=O)Cc3ccc(CC(=O)OCc4ccccc4)cc3)C(=O)N2C(C(=O)O)=C1C. The van der Waals surface area contributed by atoms with Crippen LogP contribution in [-0.4, -0.2) is 57.7 Å². The van der Waals surface area contributed by atoms with Gasteiger partial charge in [-0.1, -0.05) is 66.4 Å². The summed E-state index contributed by atoms with van der Waals surface area (Å²) in [7, 11) is 1.47. The molecule has 4 rings (SSSR count). The molecule has 0 aliphatic carbocycles. The van der Waals surface area contributed by atoms with Crippen molar-refractivity contribution in [1.29, 1.82) is 0 Å². The fourth-order valence-corrected chi connectivity index (χ4v) is 5.50. The molecule has 0 aromatic heterocycles. The summed E-state index contributed by atoms with van der Waals surface area (Å²) >= 11 is 1.28. The minimum atomic E-state index is -1.21. The van der Waals surface area contributed by atoms with Crippen LogP contribution in [0.2, 0.25) is 0 Å². The van der Waals surface area contributed by atoms with Gasteiger partial charge < -0.3 is 19.9 Å². The number of nitrogens with one attached hydrogen (secondary N) is 1. The van der Waals surface area contributed by atoms with E-state index in [1.165, 1.54) is 23.8 Å². The lowest BCUT2D eigenvalue weighted by Gasteiger charge is -2.50. The lowest BCUT2D eigenvalue weighted by molar-refractivity contribution is -0.151. The Morgan fingerprint density at radius 1 is 1.00 bits per heavy atom. The van der Waals surface area contributed by atoms with Gasteiger partial charge in [-0.15, -0.1) is 0 Å². The Balaban J connectivity index is 1.29. The number of amides is 2. The molecule has 0 bridgehead atoms. The number of carboxylic acid groups (broad SMARTS) is 1. The van der Waals surface area contributed by atoms with Gasteiger partial charge in [-0.2, -0.15) is 0 Å². The number of carbonyl (C=O) groups excluding carboxylic acids is 3. The lowest BCUT2D eigenvalue weighted by Crippen LogP contribution is -2.71. The Kier molecular flexibility index (Phi) is 7.76. The van der Waals surface area contributed by atoms with E-state index in [-0.39, 0.29) is 37.0 Å². The highest BCUT2D eigenvalue weighted by atomic mass is 32.2. The van der Waals surface area contributed by atoms with E-state index in [0.717, 1.165) is 11.1 Å². The minimum Gasteiger partial charge on any atom is -0.477 e. The topological polar surface area (TPSA) is 122 Å². The van der Waals surface area contributed by atoms with Gasteiger partial charge in [-0.3, -0.25) is 19.3 Å². The molecule has 0 saturated carbocycles. The van der Waals surface area contributed by atoms with Crippen molar-refractivity contribution in [1.82, 2.24) is 10.2 Å². The van der Waals surface area contributed by atoms with Crippen molar-refractivity contribution in [3.8, 4) is 0 Å². The second-order valence-electron chi connectivity index (χ2n) is 8.50. The molecule has 2 aliphatic heterocycles. The number of fused-ring (bicyclic) bond motifs is 1. The number of hydrogen-bond acceptors (Lipinski definition) is 7. The van der Waals surface area contributed by atoms with Crippen LogP contribution < -0.4 is 5.32 Å². The van der Waals surface area contributed by atoms with Crippen molar-refractivity contribution >= 4 is 35.5 Å². The Hall–Kier alpha value is -3.63. The first kappa shape index (κ1) is 25.5. The van der Waals surface area contributed by atoms with Gasteiger partial charge in [-0.25, -0.2) is 4.79 Å². The number of hydrogen-bond donors (Lipinski definition) is 2. The third kappa shape index (κ3) is 5.44. The first-order valence-electron chi connectivity index (χ1n) is 11.3. The van der Waals surface area contributed by atoms with Crippen LogP contribution in [0.5, 0.6) is 0 Å². The van der Waals surface area contributed by atoms with Gasteiger partial charge in [0, 0.05) is 7.11 Å². The predicted molar refractivity (Wildman–Crippen MR) is 131 cm³/mol. The zero-order chi connectivity index (χ0) is 25.8. The standard InChI is InChI=1S/C26H26N2O7S/c1-15-22(25(32)33)28-23(31)21(24(28)36-26(15)34-2)27-19(29)12-16-8-10-17(11-9-16)13-20(30)35-14-18-6-4-3-5-7-18/h3-11,21,24,26H,12-14H2,1-2H3,(H,27,29)(H,32,33)/t21-,24-,26-/m0/s1. The Labute approximate surface area is 212 Å². The molecule has 2 N–H and O–H groups in total. The molecule has 2 heterocycles. The van der Waals surface area contributed by atoms with Gasteiger partial charge in [0.15, 0.2) is 0 Å². The highest BCUT2D eigenvalue weighted by Crippen LogP contribution is 2.44. The van der Waals surface area contributed by atoms with Crippen LogP contribution in [0, 0.1) is 0 Å². The number of benzene rings is 2. The fourth-order valence-electron chi connectivity index (χ4n) is 4.15. The quantitative estimate of drug-likeness (QED) is 0.389. The summed E-state index contributed by atoms with van der Waals surface area (Å²) in [6.07, 6.45) is 0.151. The zero-order valence-electron chi connectivity index (χ0n) is 19.8. The number of ether oxygens (including phenoxy) is 2. The number of esters is 1. The summed E-state index contributed by atoms with van der Waals surface area (Å²) in [6.45, 7) is 1.83. The zero-order valence-corrected chi connectivity index (χ0v) is 20.6. The molecule has 188 valence electrons. The molecule has 36 heavy (non-hydrogen) atoms. The summed E-state index contributed by atoms with van der Waals surface area (Å²) in [6, 6.07) is 15.6. The molecule has 10 heteroatoms. The van der Waals surface area contributed by atoms with Crippen molar-refractivity contribution in [3.05, 3.63) is 82.6 Å². The van der Waals surface area contributed by atoms with Gasteiger partial charge in [0.1, 0.15) is 29.2 Å². The van der Waals surface area contributed by atoms with Gasteiger partial charge in [0.05, 0.1) is 12.8 Å². The smallest absolute Gasteiger partial charge is 0.352 e. The van der Waals surface area contributed by atoms with E-state index < -0.39 is 28.7 Å². The summed E-state index contributed by atoms with van der Waals surface area (Å²) < 4.78 is 10.7. The van der Waals surface area contributed by atoms with Crippen molar-refractivity contribution in [3.63, 3.8) is 0 Å². The highest BCUT2D eigenvalue weighted by Gasteiger charge is 2.55. The van der Waals surface area contributed by atoms with Crippen LogP contribution in [0.3, 0.4) is 0 Å². The number of carboxylic acids is 1. The van der Waals surface area contributed by atoms with E-state index in [2.05, 4.69) is 5.32 Å². The van der Waals surface area contributed by atoms with Crippen LogP contribution in [0.25, 0.3) is 0 Å². The Morgan fingerprint density at radius 3 is 2.25 bits per heavy atom. The second-order valence-corrected chi connectivity index (χ2v) is 9.68. The molecular weight excluding hydrogens is 484 g/mol. The number of thioether (sulfide) groups is 1. The third-order valence-electron chi connectivity index (χ3n) is 5.99. The van der Waals surface area contributed by atoms with Crippen LogP contribution in [0.1, 0.15) is 23.6 Å². The van der Waals surface area contributed by atoms with Crippen molar-refractivity contribution < 1.29 is 33.8 Å². The van der Waals surface area contributed by atoms with Gasteiger partial charge in [0.25, 0.3) is 5.91 Å². The molecule has 2 amide bonds. The van der Waals surface area contributed by atoms with E-state index in [4.69, 9.17) is 9.47 Å². The maximum absolute atomic E-state index is 12.6. The number of nitrogens with zero attached hydrogens (tertiary/aromatic N) is 1. The third-order valence-corrected chi connectivity index (χ3v) is 7.54. The molecule has 3 atom stereocenters. The molecule has 2 aromatic rings. The number of methoxy groups -OCH3 is 1. The van der Waals surface area contributed by atoms with Crippen LogP contribution >= 0.6 is 11.8 Å². The normalized spacial score (nSPS) is 20.9. The maximum Gasteiger partial charge on any atom is 0.352 e.